The van der Waals surface area contributed by atoms with Gasteiger partial charge in [0.05, 0.1) is 6.04 Å². The highest BCUT2D eigenvalue weighted by Gasteiger charge is 2.15. The lowest BCUT2D eigenvalue weighted by Gasteiger charge is -2.16. The first kappa shape index (κ1) is 18.8. The molecule has 0 bridgehead atoms. The molecule has 3 rings (SSSR count). The van der Waals surface area contributed by atoms with Crippen molar-refractivity contribution in [2.45, 2.75) is 26.4 Å². The van der Waals surface area contributed by atoms with Crippen molar-refractivity contribution in [3.8, 4) is 0 Å². The number of carbonyl (C=O) groups is 2. The van der Waals surface area contributed by atoms with Crippen molar-refractivity contribution >= 4 is 34.0 Å². The molecule has 0 radical (unpaired) electrons. The highest BCUT2D eigenvalue weighted by atomic mass is 32.1. The predicted octanol–water partition coefficient (Wildman–Crippen LogP) is 2.79. The van der Waals surface area contributed by atoms with E-state index in [9.17, 15) is 14.4 Å². The molecule has 0 saturated carbocycles. The molecule has 1 N–H and O–H groups in total. The number of nitrogens with zero attached hydrogens (tertiary/aromatic N) is 1. The molecule has 7 heteroatoms. The normalized spacial score (nSPS) is 11.9. The van der Waals surface area contributed by atoms with Gasteiger partial charge in [-0.3, -0.25) is 19.0 Å². The molecule has 27 heavy (non-hydrogen) atoms. The maximum atomic E-state index is 12.1. The predicted molar refractivity (Wildman–Crippen MR) is 105 cm³/mol. The van der Waals surface area contributed by atoms with Crippen LogP contribution < -0.4 is 10.2 Å². The lowest BCUT2D eigenvalue weighted by Crippen LogP contribution is -2.32. The Morgan fingerprint density at radius 3 is 2.67 bits per heavy atom. The Kier molecular flexibility index (Phi) is 5.71. The largest absolute Gasteiger partial charge is 0.454 e. The summed E-state index contributed by atoms with van der Waals surface area (Å²) >= 11 is 1.02. The van der Waals surface area contributed by atoms with Gasteiger partial charge in [0.25, 0.3) is 5.91 Å². The van der Waals surface area contributed by atoms with Crippen LogP contribution in [-0.2, 0) is 20.9 Å². The van der Waals surface area contributed by atoms with Gasteiger partial charge in [0.15, 0.2) is 6.61 Å². The molecule has 1 aromatic heterocycles. The number of rotatable bonds is 6. The number of ether oxygens (including phenoxy) is 1. The standard InChI is InChI=1S/C20H20N2O4S/c1-13-12-27-20(25)22(13)10-19(24)26-11-18(23)21-14(2)16-9-5-7-15-6-3-4-8-17(15)16/h3-9,12,14H,10-11H2,1-2H3,(H,21,23)/t14-/m0/s1. The lowest BCUT2D eigenvalue weighted by molar-refractivity contribution is -0.149. The molecule has 3 aromatic rings. The van der Waals surface area contributed by atoms with E-state index in [1.54, 1.807) is 12.3 Å². The van der Waals surface area contributed by atoms with Gasteiger partial charge in [0.2, 0.25) is 0 Å². The van der Waals surface area contributed by atoms with Gasteiger partial charge in [-0.1, -0.05) is 53.8 Å². The Morgan fingerprint density at radius 1 is 1.19 bits per heavy atom. The van der Waals surface area contributed by atoms with Crippen LogP contribution in [0.5, 0.6) is 0 Å². The van der Waals surface area contributed by atoms with E-state index >= 15 is 0 Å². The number of aryl methyl sites for hydroxylation is 1. The third-order valence-corrected chi connectivity index (χ3v) is 5.18. The number of thiazole rings is 1. The van der Waals surface area contributed by atoms with E-state index in [0.29, 0.717) is 5.69 Å². The summed E-state index contributed by atoms with van der Waals surface area (Å²) in [5.74, 6) is -1.01. The molecule has 0 unspecified atom stereocenters. The van der Waals surface area contributed by atoms with Crippen LogP contribution in [0, 0.1) is 6.92 Å². The molecular formula is C20H20N2O4S. The van der Waals surface area contributed by atoms with Crippen LogP contribution in [0.3, 0.4) is 0 Å². The number of esters is 1. The van der Waals surface area contributed by atoms with E-state index in [2.05, 4.69) is 5.32 Å². The second-order valence-electron chi connectivity index (χ2n) is 6.25. The first-order valence-electron chi connectivity index (χ1n) is 8.53. The average molecular weight is 384 g/mol. The summed E-state index contributed by atoms with van der Waals surface area (Å²) in [5.41, 5.74) is 1.68. The van der Waals surface area contributed by atoms with Gasteiger partial charge >= 0.3 is 10.8 Å². The fourth-order valence-corrected chi connectivity index (χ4v) is 3.64. The minimum absolute atomic E-state index is 0.194. The number of hydrogen-bond donors (Lipinski definition) is 1. The maximum absolute atomic E-state index is 12.1. The monoisotopic (exact) mass is 384 g/mol. The van der Waals surface area contributed by atoms with Crippen LogP contribution in [0.25, 0.3) is 10.8 Å². The van der Waals surface area contributed by atoms with Gasteiger partial charge in [-0.05, 0) is 30.2 Å². The van der Waals surface area contributed by atoms with Gasteiger partial charge in [-0.25, -0.2) is 0 Å². The van der Waals surface area contributed by atoms with E-state index in [4.69, 9.17) is 4.74 Å². The molecule has 1 atom stereocenters. The Morgan fingerprint density at radius 2 is 1.93 bits per heavy atom. The molecule has 1 heterocycles. The fourth-order valence-electron chi connectivity index (χ4n) is 2.91. The zero-order chi connectivity index (χ0) is 19.4. The average Bonchev–Trinajstić information content (AvgIpc) is 2.98. The number of hydrogen-bond acceptors (Lipinski definition) is 5. The first-order valence-corrected chi connectivity index (χ1v) is 9.41. The zero-order valence-corrected chi connectivity index (χ0v) is 15.9. The van der Waals surface area contributed by atoms with Crippen LogP contribution >= 0.6 is 11.3 Å². The molecule has 0 aliphatic rings. The minimum atomic E-state index is -0.619. The first-order chi connectivity index (χ1) is 13.0. The van der Waals surface area contributed by atoms with Crippen molar-refractivity contribution in [2.24, 2.45) is 0 Å². The number of aromatic nitrogens is 1. The van der Waals surface area contributed by atoms with Crippen molar-refractivity contribution in [3.63, 3.8) is 0 Å². The van der Waals surface area contributed by atoms with Crippen molar-refractivity contribution in [1.29, 1.82) is 0 Å². The van der Waals surface area contributed by atoms with Crippen molar-refractivity contribution in [1.82, 2.24) is 9.88 Å². The topological polar surface area (TPSA) is 77.4 Å². The lowest BCUT2D eigenvalue weighted by atomic mass is 10.00. The summed E-state index contributed by atoms with van der Waals surface area (Å²) in [6.45, 7) is 3.05. The van der Waals surface area contributed by atoms with Gasteiger partial charge in [0.1, 0.15) is 6.54 Å². The summed E-state index contributed by atoms with van der Waals surface area (Å²) in [5, 5.41) is 6.68. The molecule has 0 spiro atoms. The SMILES string of the molecule is Cc1csc(=O)n1CC(=O)OCC(=O)N[C@@H](C)c1cccc2ccccc12. The van der Waals surface area contributed by atoms with E-state index in [1.165, 1.54) is 4.57 Å². The summed E-state index contributed by atoms with van der Waals surface area (Å²) in [4.78, 5) is 35.4. The van der Waals surface area contributed by atoms with Gasteiger partial charge in [0, 0.05) is 11.1 Å². The molecule has 0 fully saturated rings. The van der Waals surface area contributed by atoms with E-state index in [0.717, 1.165) is 27.7 Å². The van der Waals surface area contributed by atoms with Crippen LogP contribution in [0.4, 0.5) is 0 Å². The van der Waals surface area contributed by atoms with Crippen molar-refractivity contribution < 1.29 is 14.3 Å². The summed E-state index contributed by atoms with van der Waals surface area (Å²) in [6, 6.07) is 13.6. The van der Waals surface area contributed by atoms with Gasteiger partial charge in [-0.2, -0.15) is 0 Å². The highest BCUT2D eigenvalue weighted by molar-refractivity contribution is 7.07. The van der Waals surface area contributed by atoms with Crippen LogP contribution in [0.2, 0.25) is 0 Å². The molecule has 6 nitrogen and oxygen atoms in total. The third kappa shape index (κ3) is 4.43. The van der Waals surface area contributed by atoms with Crippen LogP contribution in [0.15, 0.2) is 52.6 Å². The summed E-state index contributed by atoms with van der Waals surface area (Å²) in [6.07, 6.45) is 0. The zero-order valence-electron chi connectivity index (χ0n) is 15.1. The van der Waals surface area contributed by atoms with Crippen LogP contribution in [0.1, 0.15) is 24.2 Å². The third-order valence-electron chi connectivity index (χ3n) is 4.30. The molecular weight excluding hydrogens is 364 g/mol. The molecule has 1 amide bonds. The summed E-state index contributed by atoms with van der Waals surface area (Å²) < 4.78 is 6.33. The smallest absolute Gasteiger partial charge is 0.326 e. The van der Waals surface area contributed by atoms with E-state index < -0.39 is 11.9 Å². The maximum Gasteiger partial charge on any atom is 0.326 e. The fraction of sp³-hybridized carbons (Fsp3) is 0.250. The van der Waals surface area contributed by atoms with Crippen molar-refractivity contribution in [2.75, 3.05) is 6.61 Å². The van der Waals surface area contributed by atoms with E-state index in [1.807, 2.05) is 49.4 Å². The number of amides is 1. The van der Waals surface area contributed by atoms with Crippen molar-refractivity contribution in [3.05, 3.63) is 68.8 Å². The Labute approximate surface area is 160 Å². The number of fused-ring (bicyclic) bond motifs is 1. The molecule has 0 aliphatic carbocycles. The van der Waals surface area contributed by atoms with Crippen LogP contribution in [-0.4, -0.2) is 23.1 Å². The van der Waals surface area contributed by atoms with E-state index in [-0.39, 0.29) is 24.1 Å². The second kappa shape index (κ2) is 8.18. The van der Waals surface area contributed by atoms with Gasteiger partial charge < -0.3 is 10.1 Å². The number of nitrogens with one attached hydrogen (secondary N) is 1. The Bertz CT molecular complexity index is 1030. The highest BCUT2D eigenvalue weighted by Crippen LogP contribution is 2.23. The minimum Gasteiger partial charge on any atom is -0.454 e. The Hall–Kier alpha value is -2.93. The Balaban J connectivity index is 1.57. The summed E-state index contributed by atoms with van der Waals surface area (Å²) in [7, 11) is 0. The quantitative estimate of drug-likeness (QED) is 0.663. The second-order valence-corrected chi connectivity index (χ2v) is 7.07. The van der Waals surface area contributed by atoms with Gasteiger partial charge in [-0.15, -0.1) is 0 Å². The molecule has 140 valence electrons. The molecule has 0 aliphatic heterocycles. The molecule has 0 saturated heterocycles. The molecule has 2 aromatic carbocycles. The number of benzene rings is 2. The number of carbonyl (C=O) groups excluding carboxylic acids is 2.